The first-order valence-electron chi connectivity index (χ1n) is 7.12. The molecular formula is C14H24N2O4S2. The number of sulfonamides is 2. The Morgan fingerprint density at radius 1 is 1.18 bits per heavy atom. The zero-order valence-electron chi connectivity index (χ0n) is 13.2. The Hall–Kier alpha value is -0.960. The Morgan fingerprint density at radius 2 is 1.86 bits per heavy atom. The zero-order chi connectivity index (χ0) is 16.8. The van der Waals surface area contributed by atoms with E-state index in [1.165, 1.54) is 4.31 Å². The summed E-state index contributed by atoms with van der Waals surface area (Å²) in [6.07, 6.45) is 1.65. The molecule has 0 saturated carbocycles. The molecule has 1 aromatic rings. The molecule has 0 spiro atoms. The summed E-state index contributed by atoms with van der Waals surface area (Å²) in [7, 11) is -6.73. The molecular weight excluding hydrogens is 324 g/mol. The van der Waals surface area contributed by atoms with Crippen LogP contribution in [0.5, 0.6) is 0 Å². The predicted octanol–water partition coefficient (Wildman–Crippen LogP) is 1.09. The van der Waals surface area contributed by atoms with E-state index in [0.29, 0.717) is 6.42 Å². The van der Waals surface area contributed by atoms with Gasteiger partial charge in [-0.25, -0.2) is 21.6 Å². The number of hydrogen-bond donors (Lipinski definition) is 1. The second-order valence-electron chi connectivity index (χ2n) is 5.30. The number of benzene rings is 1. The molecule has 0 aliphatic carbocycles. The van der Waals surface area contributed by atoms with Gasteiger partial charge in [-0.15, -0.1) is 0 Å². The summed E-state index contributed by atoms with van der Waals surface area (Å²) in [6, 6.07) is 7.58. The molecule has 0 radical (unpaired) electrons. The van der Waals surface area contributed by atoms with Crippen molar-refractivity contribution in [2.75, 3.05) is 25.1 Å². The molecule has 22 heavy (non-hydrogen) atoms. The third-order valence-electron chi connectivity index (χ3n) is 3.07. The average molecular weight is 348 g/mol. The van der Waals surface area contributed by atoms with Gasteiger partial charge in [0.1, 0.15) is 0 Å². The van der Waals surface area contributed by atoms with Gasteiger partial charge in [0, 0.05) is 19.6 Å². The zero-order valence-corrected chi connectivity index (χ0v) is 14.9. The smallest absolute Gasteiger partial charge is 0.211 e. The number of nitrogens with zero attached hydrogens (tertiary/aromatic N) is 1. The highest BCUT2D eigenvalue weighted by atomic mass is 32.2. The van der Waals surface area contributed by atoms with Gasteiger partial charge in [0.25, 0.3) is 0 Å². The predicted molar refractivity (Wildman–Crippen MR) is 88.5 cm³/mol. The van der Waals surface area contributed by atoms with Crippen molar-refractivity contribution >= 4 is 20.0 Å². The highest BCUT2D eigenvalue weighted by Gasteiger charge is 2.18. The molecule has 0 aliphatic rings. The van der Waals surface area contributed by atoms with Gasteiger partial charge in [-0.3, -0.25) is 0 Å². The molecule has 126 valence electrons. The topological polar surface area (TPSA) is 83.6 Å². The first kappa shape index (κ1) is 19.1. The van der Waals surface area contributed by atoms with Gasteiger partial charge in [-0.1, -0.05) is 36.8 Å². The van der Waals surface area contributed by atoms with Crippen molar-refractivity contribution in [1.82, 2.24) is 9.03 Å². The Balaban J connectivity index is 2.71. The Kier molecular flexibility index (Phi) is 6.98. The van der Waals surface area contributed by atoms with E-state index in [4.69, 9.17) is 0 Å². The minimum atomic E-state index is -3.41. The van der Waals surface area contributed by atoms with Crippen molar-refractivity contribution in [1.29, 1.82) is 0 Å². The fourth-order valence-corrected chi connectivity index (χ4v) is 3.93. The normalized spacial score (nSPS) is 12.7. The number of aryl methyl sites for hydroxylation is 1. The standard InChI is InChI=1S/C14H24N2O4S2/c1-4-10-22(19,20)15-8-9-16(21(3,17)18)12-14-7-5-6-13(2)11-14/h5-7,11,15H,4,8-10,12H2,1-3H3. The fourth-order valence-electron chi connectivity index (χ4n) is 2.04. The summed E-state index contributed by atoms with van der Waals surface area (Å²) in [5.41, 5.74) is 1.93. The summed E-state index contributed by atoms with van der Waals surface area (Å²) in [5.74, 6) is 0.0454. The Morgan fingerprint density at radius 3 is 2.41 bits per heavy atom. The molecule has 0 bridgehead atoms. The van der Waals surface area contributed by atoms with Crippen LogP contribution >= 0.6 is 0 Å². The molecule has 1 aromatic carbocycles. The summed E-state index contributed by atoms with van der Waals surface area (Å²) in [5, 5.41) is 0. The van der Waals surface area contributed by atoms with Crippen molar-refractivity contribution in [3.05, 3.63) is 35.4 Å². The van der Waals surface area contributed by atoms with Crippen molar-refractivity contribution < 1.29 is 16.8 Å². The van der Waals surface area contributed by atoms with Crippen LogP contribution in [0.2, 0.25) is 0 Å². The maximum atomic E-state index is 11.9. The molecule has 0 atom stereocenters. The average Bonchev–Trinajstić information content (AvgIpc) is 2.36. The third-order valence-corrected chi connectivity index (χ3v) is 5.91. The molecule has 6 nitrogen and oxygen atoms in total. The van der Waals surface area contributed by atoms with Gasteiger partial charge in [0.15, 0.2) is 0 Å². The van der Waals surface area contributed by atoms with E-state index in [1.807, 2.05) is 31.2 Å². The van der Waals surface area contributed by atoms with E-state index in [0.717, 1.165) is 17.4 Å². The van der Waals surface area contributed by atoms with Crippen molar-refractivity contribution in [3.63, 3.8) is 0 Å². The number of hydrogen-bond acceptors (Lipinski definition) is 4. The van der Waals surface area contributed by atoms with Crippen LogP contribution in [-0.2, 0) is 26.6 Å². The lowest BCUT2D eigenvalue weighted by atomic mass is 10.1. The molecule has 1 N–H and O–H groups in total. The lowest BCUT2D eigenvalue weighted by molar-refractivity contribution is 0.412. The highest BCUT2D eigenvalue weighted by molar-refractivity contribution is 7.89. The quantitative estimate of drug-likeness (QED) is 0.724. The maximum Gasteiger partial charge on any atom is 0.211 e. The number of rotatable bonds is 9. The van der Waals surface area contributed by atoms with E-state index >= 15 is 0 Å². The van der Waals surface area contributed by atoms with Crippen LogP contribution in [0.15, 0.2) is 24.3 Å². The van der Waals surface area contributed by atoms with E-state index in [-0.39, 0.29) is 25.4 Å². The molecule has 0 saturated heterocycles. The first-order valence-corrected chi connectivity index (χ1v) is 10.6. The van der Waals surface area contributed by atoms with Crippen LogP contribution in [0, 0.1) is 6.92 Å². The summed E-state index contributed by atoms with van der Waals surface area (Å²) >= 11 is 0. The van der Waals surface area contributed by atoms with Crippen LogP contribution in [-0.4, -0.2) is 46.2 Å². The Labute approximate surface area is 133 Å². The lowest BCUT2D eigenvalue weighted by Gasteiger charge is -2.20. The maximum absolute atomic E-state index is 11.9. The van der Waals surface area contributed by atoms with Crippen LogP contribution < -0.4 is 4.72 Å². The monoisotopic (exact) mass is 348 g/mol. The second kappa shape index (κ2) is 8.05. The molecule has 0 amide bonds. The summed E-state index contributed by atoms with van der Waals surface area (Å²) in [4.78, 5) is 0. The van der Waals surface area contributed by atoms with Gasteiger partial charge in [-0.2, -0.15) is 4.31 Å². The Bertz CT molecular complexity index is 685. The molecule has 0 aromatic heterocycles. The minimum Gasteiger partial charge on any atom is -0.214 e. The van der Waals surface area contributed by atoms with Crippen LogP contribution in [0.3, 0.4) is 0 Å². The number of nitrogens with one attached hydrogen (secondary N) is 1. The van der Waals surface area contributed by atoms with Gasteiger partial charge in [0.05, 0.1) is 12.0 Å². The fraction of sp³-hybridized carbons (Fsp3) is 0.571. The molecule has 0 unspecified atom stereocenters. The van der Waals surface area contributed by atoms with Crippen molar-refractivity contribution in [3.8, 4) is 0 Å². The lowest BCUT2D eigenvalue weighted by Crippen LogP contribution is -2.38. The minimum absolute atomic E-state index is 0.0454. The first-order chi connectivity index (χ1) is 10.1. The van der Waals surface area contributed by atoms with Gasteiger partial charge < -0.3 is 0 Å². The second-order valence-corrected chi connectivity index (χ2v) is 9.21. The van der Waals surface area contributed by atoms with Gasteiger partial charge in [-0.05, 0) is 18.9 Å². The largest absolute Gasteiger partial charge is 0.214 e. The molecule has 0 heterocycles. The molecule has 1 rings (SSSR count). The third kappa shape index (κ3) is 6.87. The highest BCUT2D eigenvalue weighted by Crippen LogP contribution is 2.10. The summed E-state index contributed by atoms with van der Waals surface area (Å²) < 4.78 is 50.6. The van der Waals surface area contributed by atoms with Crippen LogP contribution in [0.25, 0.3) is 0 Å². The van der Waals surface area contributed by atoms with Crippen LogP contribution in [0.1, 0.15) is 24.5 Å². The van der Waals surface area contributed by atoms with Crippen LogP contribution in [0.4, 0.5) is 0 Å². The van der Waals surface area contributed by atoms with Crippen molar-refractivity contribution in [2.45, 2.75) is 26.8 Å². The molecule has 0 fully saturated rings. The van der Waals surface area contributed by atoms with E-state index in [1.54, 1.807) is 6.92 Å². The molecule has 0 aliphatic heterocycles. The van der Waals surface area contributed by atoms with E-state index in [2.05, 4.69) is 4.72 Å². The van der Waals surface area contributed by atoms with E-state index in [9.17, 15) is 16.8 Å². The van der Waals surface area contributed by atoms with Crippen molar-refractivity contribution in [2.24, 2.45) is 0 Å². The van der Waals surface area contributed by atoms with Gasteiger partial charge in [0.2, 0.25) is 20.0 Å². The SMILES string of the molecule is CCCS(=O)(=O)NCCN(Cc1cccc(C)c1)S(C)(=O)=O. The van der Waals surface area contributed by atoms with Gasteiger partial charge >= 0.3 is 0 Å². The molecule has 8 heteroatoms. The van der Waals surface area contributed by atoms with E-state index < -0.39 is 20.0 Å². The summed E-state index contributed by atoms with van der Waals surface area (Å²) in [6.45, 7) is 4.12.